The number of ether oxygens (including phenoxy) is 1. The summed E-state index contributed by atoms with van der Waals surface area (Å²) in [7, 11) is 1.67. The fourth-order valence-corrected chi connectivity index (χ4v) is 3.24. The first-order chi connectivity index (χ1) is 12.2. The molecule has 5 heteroatoms. The minimum Gasteiger partial charge on any atom is -0.497 e. The predicted molar refractivity (Wildman–Crippen MR) is 97.3 cm³/mol. The van der Waals surface area contributed by atoms with Crippen LogP contribution >= 0.6 is 0 Å². The van der Waals surface area contributed by atoms with Crippen molar-refractivity contribution in [1.82, 2.24) is 4.90 Å². The zero-order valence-corrected chi connectivity index (χ0v) is 14.1. The molecule has 1 fully saturated rings. The van der Waals surface area contributed by atoms with E-state index in [9.17, 15) is 4.79 Å². The fraction of sp³-hybridized carbons (Fsp3) is 0.250. The number of benzene rings is 2. The molecule has 0 atom stereocenters. The third-order valence-electron chi connectivity index (χ3n) is 4.70. The second-order valence-corrected chi connectivity index (χ2v) is 6.15. The summed E-state index contributed by atoms with van der Waals surface area (Å²) in [6.07, 6.45) is 1.65. The third-order valence-corrected chi connectivity index (χ3v) is 4.70. The van der Waals surface area contributed by atoms with Gasteiger partial charge >= 0.3 is 0 Å². The van der Waals surface area contributed by atoms with Crippen LogP contribution in [0.3, 0.4) is 0 Å². The van der Waals surface area contributed by atoms with Crippen molar-refractivity contribution >= 4 is 22.6 Å². The molecule has 1 saturated heterocycles. The maximum absolute atomic E-state index is 12.8. The number of furan rings is 1. The lowest BCUT2D eigenvalue weighted by Gasteiger charge is -2.36. The number of carbonyl (C=O) groups is 1. The van der Waals surface area contributed by atoms with Crippen molar-refractivity contribution in [3.05, 3.63) is 60.4 Å². The van der Waals surface area contributed by atoms with E-state index in [1.165, 1.54) is 0 Å². The van der Waals surface area contributed by atoms with E-state index < -0.39 is 0 Å². The van der Waals surface area contributed by atoms with Crippen LogP contribution in [-0.4, -0.2) is 44.1 Å². The molecule has 0 saturated carbocycles. The first-order valence-corrected chi connectivity index (χ1v) is 8.40. The van der Waals surface area contributed by atoms with E-state index in [-0.39, 0.29) is 5.91 Å². The van der Waals surface area contributed by atoms with Crippen LogP contribution in [-0.2, 0) is 0 Å². The summed E-state index contributed by atoms with van der Waals surface area (Å²) in [6.45, 7) is 3.08. The van der Waals surface area contributed by atoms with E-state index in [1.54, 1.807) is 13.4 Å². The standard InChI is InChI=1S/C20H20N2O3/c1-24-18-5-3-17(4-6-18)21-9-11-22(12-10-21)20(23)16-2-7-19-15(14-16)8-13-25-19/h2-8,13-14H,9-12H2,1H3. The Morgan fingerprint density at radius 2 is 1.76 bits per heavy atom. The lowest BCUT2D eigenvalue weighted by atomic mass is 10.1. The smallest absolute Gasteiger partial charge is 0.254 e. The summed E-state index contributed by atoms with van der Waals surface area (Å²) in [5, 5.41) is 0.961. The van der Waals surface area contributed by atoms with Crippen LogP contribution in [0.1, 0.15) is 10.4 Å². The highest BCUT2D eigenvalue weighted by atomic mass is 16.5. The van der Waals surface area contributed by atoms with Gasteiger partial charge in [-0.2, -0.15) is 0 Å². The van der Waals surface area contributed by atoms with Gasteiger partial charge < -0.3 is 19.0 Å². The molecular weight excluding hydrogens is 316 g/mol. The van der Waals surface area contributed by atoms with Crippen molar-refractivity contribution < 1.29 is 13.9 Å². The quantitative estimate of drug-likeness (QED) is 0.735. The minimum atomic E-state index is 0.0810. The molecule has 128 valence electrons. The van der Waals surface area contributed by atoms with E-state index in [0.29, 0.717) is 18.7 Å². The van der Waals surface area contributed by atoms with Gasteiger partial charge in [-0.15, -0.1) is 0 Å². The van der Waals surface area contributed by atoms with Crippen molar-refractivity contribution in [2.45, 2.75) is 0 Å². The Balaban J connectivity index is 1.42. The zero-order valence-electron chi connectivity index (χ0n) is 14.1. The summed E-state index contributed by atoms with van der Waals surface area (Å²) >= 11 is 0. The van der Waals surface area contributed by atoms with Crippen molar-refractivity contribution in [2.24, 2.45) is 0 Å². The molecule has 4 rings (SSSR count). The largest absolute Gasteiger partial charge is 0.497 e. The van der Waals surface area contributed by atoms with Crippen molar-refractivity contribution in [1.29, 1.82) is 0 Å². The van der Waals surface area contributed by atoms with Crippen LogP contribution in [0, 0.1) is 0 Å². The maximum atomic E-state index is 12.8. The third kappa shape index (κ3) is 3.05. The number of anilines is 1. The van der Waals surface area contributed by atoms with Crippen LogP contribution < -0.4 is 9.64 Å². The number of amides is 1. The summed E-state index contributed by atoms with van der Waals surface area (Å²) < 4.78 is 10.5. The topological polar surface area (TPSA) is 45.9 Å². The minimum absolute atomic E-state index is 0.0810. The highest BCUT2D eigenvalue weighted by molar-refractivity contribution is 5.97. The molecule has 1 aliphatic heterocycles. The average Bonchev–Trinajstić information content (AvgIpc) is 3.15. The summed E-state index contributed by atoms with van der Waals surface area (Å²) in [6, 6.07) is 15.5. The number of hydrogen-bond donors (Lipinski definition) is 0. The molecule has 1 aromatic heterocycles. The van der Waals surface area contributed by atoms with Gasteiger partial charge in [-0.3, -0.25) is 4.79 Å². The van der Waals surface area contributed by atoms with E-state index in [0.717, 1.165) is 35.5 Å². The number of methoxy groups -OCH3 is 1. The van der Waals surface area contributed by atoms with Gasteiger partial charge in [0.2, 0.25) is 0 Å². The molecule has 0 radical (unpaired) electrons. The van der Waals surface area contributed by atoms with Gasteiger partial charge in [-0.1, -0.05) is 0 Å². The lowest BCUT2D eigenvalue weighted by molar-refractivity contribution is 0.0747. The number of piperazine rings is 1. The normalized spacial score (nSPS) is 14.8. The number of rotatable bonds is 3. The molecule has 0 bridgehead atoms. The number of nitrogens with zero attached hydrogens (tertiary/aromatic N) is 2. The Morgan fingerprint density at radius 3 is 2.48 bits per heavy atom. The van der Waals surface area contributed by atoms with Crippen LogP contribution in [0.4, 0.5) is 5.69 Å². The molecule has 3 aromatic rings. The summed E-state index contributed by atoms with van der Waals surface area (Å²) in [5.41, 5.74) is 2.68. The monoisotopic (exact) mass is 336 g/mol. The van der Waals surface area contributed by atoms with Gasteiger partial charge in [0, 0.05) is 42.8 Å². The van der Waals surface area contributed by atoms with Gasteiger partial charge in [0.15, 0.2) is 0 Å². The molecule has 0 unspecified atom stereocenters. The molecule has 0 N–H and O–H groups in total. The zero-order chi connectivity index (χ0) is 17.2. The average molecular weight is 336 g/mol. The van der Waals surface area contributed by atoms with E-state index in [1.807, 2.05) is 41.3 Å². The number of carbonyl (C=O) groups excluding carboxylic acids is 1. The highest BCUT2D eigenvalue weighted by Crippen LogP contribution is 2.22. The molecule has 25 heavy (non-hydrogen) atoms. The first kappa shape index (κ1) is 15.6. The maximum Gasteiger partial charge on any atom is 0.254 e. The Hall–Kier alpha value is -2.95. The number of fused-ring (bicyclic) bond motifs is 1. The fourth-order valence-electron chi connectivity index (χ4n) is 3.24. The lowest BCUT2D eigenvalue weighted by Crippen LogP contribution is -2.48. The Morgan fingerprint density at radius 1 is 1.00 bits per heavy atom. The molecule has 2 heterocycles. The second-order valence-electron chi connectivity index (χ2n) is 6.15. The van der Waals surface area contributed by atoms with Gasteiger partial charge in [0.05, 0.1) is 13.4 Å². The SMILES string of the molecule is COc1ccc(N2CCN(C(=O)c3ccc4occc4c3)CC2)cc1. The van der Waals surface area contributed by atoms with E-state index >= 15 is 0 Å². The van der Waals surface area contributed by atoms with Crippen molar-refractivity contribution in [2.75, 3.05) is 38.2 Å². The Bertz CT molecular complexity index is 877. The van der Waals surface area contributed by atoms with Crippen LogP contribution in [0.25, 0.3) is 11.0 Å². The van der Waals surface area contributed by atoms with Gasteiger partial charge in [0.25, 0.3) is 5.91 Å². The molecular formula is C20H20N2O3. The van der Waals surface area contributed by atoms with Gasteiger partial charge in [-0.05, 0) is 48.5 Å². The van der Waals surface area contributed by atoms with Crippen LogP contribution in [0.5, 0.6) is 5.75 Å². The van der Waals surface area contributed by atoms with Crippen LogP contribution in [0.15, 0.2) is 59.2 Å². The molecule has 2 aromatic carbocycles. The highest BCUT2D eigenvalue weighted by Gasteiger charge is 2.22. The Kier molecular flexibility index (Phi) is 4.06. The van der Waals surface area contributed by atoms with Crippen LogP contribution in [0.2, 0.25) is 0 Å². The molecule has 0 spiro atoms. The summed E-state index contributed by atoms with van der Waals surface area (Å²) in [5.74, 6) is 0.935. The molecule has 1 amide bonds. The first-order valence-electron chi connectivity index (χ1n) is 8.40. The van der Waals surface area contributed by atoms with Crippen molar-refractivity contribution in [3.63, 3.8) is 0 Å². The van der Waals surface area contributed by atoms with E-state index in [2.05, 4.69) is 17.0 Å². The van der Waals surface area contributed by atoms with Gasteiger partial charge in [-0.25, -0.2) is 0 Å². The van der Waals surface area contributed by atoms with E-state index in [4.69, 9.17) is 9.15 Å². The van der Waals surface area contributed by atoms with Crippen molar-refractivity contribution in [3.8, 4) is 5.75 Å². The Labute approximate surface area is 146 Å². The number of hydrogen-bond acceptors (Lipinski definition) is 4. The molecule has 0 aliphatic carbocycles. The molecule has 1 aliphatic rings. The van der Waals surface area contributed by atoms with Gasteiger partial charge in [0.1, 0.15) is 11.3 Å². The summed E-state index contributed by atoms with van der Waals surface area (Å²) in [4.78, 5) is 17.0. The molecule has 5 nitrogen and oxygen atoms in total. The second kappa shape index (κ2) is 6.51. The predicted octanol–water partition coefficient (Wildman–Crippen LogP) is 3.40.